The standard InChI is InChI=1S/C12H14ClNO3S/c13-10-3-1-2-4-11(10)14-12(15)7-9-5-6-18(16,17)8-9/h1-4,9H,5-8H2,(H,14,15)/t9-/m0/s1. The van der Waals surface area contributed by atoms with Crippen molar-refractivity contribution in [1.29, 1.82) is 0 Å². The number of sulfone groups is 1. The van der Waals surface area contributed by atoms with Gasteiger partial charge in [-0.1, -0.05) is 23.7 Å². The average molecular weight is 288 g/mol. The van der Waals surface area contributed by atoms with Crippen LogP contribution < -0.4 is 5.32 Å². The molecule has 98 valence electrons. The topological polar surface area (TPSA) is 63.2 Å². The molecule has 18 heavy (non-hydrogen) atoms. The number of hydrogen-bond donors (Lipinski definition) is 1. The van der Waals surface area contributed by atoms with Gasteiger partial charge < -0.3 is 5.32 Å². The third kappa shape index (κ3) is 3.46. The maximum Gasteiger partial charge on any atom is 0.224 e. The van der Waals surface area contributed by atoms with Crippen molar-refractivity contribution in [1.82, 2.24) is 0 Å². The van der Waals surface area contributed by atoms with Gasteiger partial charge in [-0.2, -0.15) is 0 Å². The normalized spacial score (nSPS) is 21.7. The molecular weight excluding hydrogens is 274 g/mol. The highest BCUT2D eigenvalue weighted by Crippen LogP contribution is 2.24. The van der Waals surface area contributed by atoms with E-state index in [9.17, 15) is 13.2 Å². The number of hydrogen-bond acceptors (Lipinski definition) is 3. The van der Waals surface area contributed by atoms with E-state index in [2.05, 4.69) is 5.32 Å². The smallest absolute Gasteiger partial charge is 0.224 e. The molecule has 0 radical (unpaired) electrons. The quantitative estimate of drug-likeness (QED) is 0.926. The number of anilines is 1. The monoisotopic (exact) mass is 287 g/mol. The number of carbonyl (C=O) groups is 1. The highest BCUT2D eigenvalue weighted by atomic mass is 35.5. The van der Waals surface area contributed by atoms with Crippen LogP contribution in [0, 0.1) is 5.92 Å². The van der Waals surface area contributed by atoms with Gasteiger partial charge in [-0.25, -0.2) is 8.42 Å². The Bertz CT molecular complexity index is 556. The van der Waals surface area contributed by atoms with E-state index < -0.39 is 9.84 Å². The number of rotatable bonds is 3. The Kier molecular flexibility index (Phi) is 3.92. The Balaban J connectivity index is 1.92. The molecule has 1 heterocycles. The Morgan fingerprint density at radius 3 is 2.72 bits per heavy atom. The van der Waals surface area contributed by atoms with E-state index in [1.165, 1.54) is 0 Å². The zero-order chi connectivity index (χ0) is 13.2. The predicted molar refractivity (Wildman–Crippen MR) is 71.5 cm³/mol. The first-order valence-corrected chi connectivity index (χ1v) is 7.91. The van der Waals surface area contributed by atoms with Gasteiger partial charge in [0.25, 0.3) is 0 Å². The summed E-state index contributed by atoms with van der Waals surface area (Å²) in [5.74, 6) is 0.0441. The van der Waals surface area contributed by atoms with Crippen molar-refractivity contribution in [3.05, 3.63) is 29.3 Å². The zero-order valence-corrected chi connectivity index (χ0v) is 11.3. The first-order valence-electron chi connectivity index (χ1n) is 5.71. The van der Waals surface area contributed by atoms with Gasteiger partial charge >= 0.3 is 0 Å². The lowest BCUT2D eigenvalue weighted by Gasteiger charge is -2.09. The lowest BCUT2D eigenvalue weighted by atomic mass is 10.1. The Labute approximate surface area is 111 Å². The second-order valence-electron chi connectivity index (χ2n) is 4.50. The van der Waals surface area contributed by atoms with Crippen LogP contribution in [0.4, 0.5) is 5.69 Å². The summed E-state index contributed by atoms with van der Waals surface area (Å²) in [6.45, 7) is 0. The number of halogens is 1. The molecule has 6 heteroatoms. The molecule has 0 spiro atoms. The molecule has 1 aliphatic heterocycles. The van der Waals surface area contributed by atoms with Gasteiger partial charge in [-0.05, 0) is 24.5 Å². The molecule has 0 saturated carbocycles. The van der Waals surface area contributed by atoms with Gasteiger partial charge in [0.2, 0.25) is 5.91 Å². The first kappa shape index (κ1) is 13.4. The molecule has 0 aliphatic carbocycles. The highest BCUT2D eigenvalue weighted by Gasteiger charge is 2.29. The summed E-state index contributed by atoms with van der Waals surface area (Å²) in [6.07, 6.45) is 0.794. The lowest BCUT2D eigenvalue weighted by Crippen LogP contribution is -2.17. The molecule has 0 unspecified atom stereocenters. The Hall–Kier alpha value is -1.07. The van der Waals surface area contributed by atoms with E-state index in [0.717, 1.165) is 0 Å². The molecule has 1 aromatic carbocycles. The molecule has 1 N–H and O–H groups in total. The van der Waals surface area contributed by atoms with Crippen LogP contribution in [0.3, 0.4) is 0 Å². The van der Waals surface area contributed by atoms with Crippen LogP contribution in [0.15, 0.2) is 24.3 Å². The average Bonchev–Trinajstić information content (AvgIpc) is 2.61. The van der Waals surface area contributed by atoms with E-state index in [1.54, 1.807) is 24.3 Å². The van der Waals surface area contributed by atoms with Crippen molar-refractivity contribution in [2.24, 2.45) is 5.92 Å². The number of amides is 1. The van der Waals surface area contributed by atoms with Crippen molar-refractivity contribution in [3.8, 4) is 0 Å². The fourth-order valence-corrected chi connectivity index (χ4v) is 4.10. The number of benzene rings is 1. The summed E-state index contributed by atoms with van der Waals surface area (Å²) >= 11 is 5.92. The molecule has 1 saturated heterocycles. The molecule has 0 aromatic heterocycles. The molecule has 1 atom stereocenters. The van der Waals surface area contributed by atoms with E-state index in [-0.39, 0.29) is 29.8 Å². The minimum Gasteiger partial charge on any atom is -0.325 e. The maximum absolute atomic E-state index is 11.8. The van der Waals surface area contributed by atoms with Gasteiger partial charge in [0.15, 0.2) is 9.84 Å². The van der Waals surface area contributed by atoms with E-state index in [0.29, 0.717) is 17.1 Å². The van der Waals surface area contributed by atoms with Crippen molar-refractivity contribution >= 4 is 33.0 Å². The lowest BCUT2D eigenvalue weighted by molar-refractivity contribution is -0.116. The van der Waals surface area contributed by atoms with Crippen LogP contribution in [0.5, 0.6) is 0 Å². The largest absolute Gasteiger partial charge is 0.325 e. The summed E-state index contributed by atoms with van der Waals surface area (Å²) in [5, 5.41) is 3.18. The third-order valence-electron chi connectivity index (χ3n) is 2.95. The fourth-order valence-electron chi connectivity index (χ4n) is 2.06. The maximum atomic E-state index is 11.8. The van der Waals surface area contributed by atoms with Crippen LogP contribution >= 0.6 is 11.6 Å². The summed E-state index contributed by atoms with van der Waals surface area (Å²) in [6, 6.07) is 6.96. The van der Waals surface area contributed by atoms with Crippen LogP contribution in [0.1, 0.15) is 12.8 Å². The highest BCUT2D eigenvalue weighted by molar-refractivity contribution is 7.91. The van der Waals surface area contributed by atoms with E-state index in [4.69, 9.17) is 11.6 Å². The molecule has 1 aromatic rings. The SMILES string of the molecule is O=C(C[C@@H]1CCS(=O)(=O)C1)Nc1ccccc1Cl. The Morgan fingerprint density at radius 2 is 2.11 bits per heavy atom. The van der Waals surface area contributed by atoms with Gasteiger partial charge in [0, 0.05) is 6.42 Å². The number of nitrogens with one attached hydrogen (secondary N) is 1. The van der Waals surface area contributed by atoms with E-state index in [1.807, 2.05) is 0 Å². The molecule has 2 rings (SSSR count). The van der Waals surface area contributed by atoms with Crippen LogP contribution in [-0.2, 0) is 14.6 Å². The van der Waals surface area contributed by atoms with Crippen molar-refractivity contribution in [2.75, 3.05) is 16.8 Å². The number of carbonyl (C=O) groups excluding carboxylic acids is 1. The van der Waals surface area contributed by atoms with Gasteiger partial charge in [0.05, 0.1) is 22.2 Å². The Morgan fingerprint density at radius 1 is 1.39 bits per heavy atom. The van der Waals surface area contributed by atoms with Gasteiger partial charge in [0.1, 0.15) is 0 Å². The molecule has 1 aliphatic rings. The summed E-state index contributed by atoms with van der Waals surface area (Å²) in [4.78, 5) is 11.8. The second kappa shape index (κ2) is 5.28. The molecule has 0 bridgehead atoms. The molecule has 1 fully saturated rings. The number of para-hydroxylation sites is 1. The van der Waals surface area contributed by atoms with Crippen molar-refractivity contribution < 1.29 is 13.2 Å². The molecule has 1 amide bonds. The zero-order valence-electron chi connectivity index (χ0n) is 9.73. The second-order valence-corrected chi connectivity index (χ2v) is 7.14. The minimum atomic E-state index is -2.93. The van der Waals surface area contributed by atoms with Crippen molar-refractivity contribution in [2.45, 2.75) is 12.8 Å². The van der Waals surface area contributed by atoms with E-state index >= 15 is 0 Å². The summed E-state index contributed by atoms with van der Waals surface area (Å²) < 4.78 is 22.6. The molecular formula is C12H14ClNO3S. The first-order chi connectivity index (χ1) is 8.46. The molecule has 4 nitrogen and oxygen atoms in total. The fraction of sp³-hybridized carbons (Fsp3) is 0.417. The van der Waals surface area contributed by atoms with Gasteiger partial charge in [-0.15, -0.1) is 0 Å². The van der Waals surface area contributed by atoms with Crippen LogP contribution in [-0.4, -0.2) is 25.8 Å². The summed E-state index contributed by atoms with van der Waals surface area (Å²) in [5.41, 5.74) is 0.560. The van der Waals surface area contributed by atoms with Crippen LogP contribution in [0.25, 0.3) is 0 Å². The predicted octanol–water partition coefficient (Wildman–Crippen LogP) is 2.10. The third-order valence-corrected chi connectivity index (χ3v) is 5.12. The van der Waals surface area contributed by atoms with Crippen LogP contribution in [0.2, 0.25) is 5.02 Å². The summed E-state index contributed by atoms with van der Waals surface area (Å²) in [7, 11) is -2.93. The minimum absolute atomic E-state index is 0.0718. The van der Waals surface area contributed by atoms with Gasteiger partial charge in [-0.3, -0.25) is 4.79 Å². The van der Waals surface area contributed by atoms with Crippen molar-refractivity contribution in [3.63, 3.8) is 0 Å².